The normalized spacial score (nSPS) is 15.5. The van der Waals surface area contributed by atoms with Crippen LogP contribution < -0.4 is 10.2 Å². The van der Waals surface area contributed by atoms with Crippen molar-refractivity contribution in [2.45, 2.75) is 26.2 Å². The number of carbonyl (C=O) groups is 1. The molecule has 1 fully saturated rings. The molecule has 1 aliphatic heterocycles. The number of piperidine rings is 1. The second-order valence-corrected chi connectivity index (χ2v) is 6.06. The molecule has 0 spiro atoms. The highest BCUT2D eigenvalue weighted by Crippen LogP contribution is 2.28. The van der Waals surface area contributed by atoms with Crippen LogP contribution in [0.4, 0.5) is 11.5 Å². The van der Waals surface area contributed by atoms with Crippen LogP contribution in [0, 0.1) is 5.92 Å². The van der Waals surface area contributed by atoms with Gasteiger partial charge in [0.2, 0.25) is 0 Å². The molecule has 3 heterocycles. The van der Waals surface area contributed by atoms with Crippen LogP contribution in [-0.2, 0) is 6.42 Å². The van der Waals surface area contributed by atoms with E-state index in [-0.39, 0.29) is 12.5 Å². The molecule has 2 aromatic heterocycles. The van der Waals surface area contributed by atoms with Crippen LogP contribution in [0.3, 0.4) is 0 Å². The minimum atomic E-state index is -0.269. The van der Waals surface area contributed by atoms with Gasteiger partial charge in [0, 0.05) is 32.3 Å². The number of rotatable bonds is 5. The quantitative estimate of drug-likeness (QED) is 0.882. The van der Waals surface area contributed by atoms with Gasteiger partial charge >= 0.3 is 0 Å². The van der Waals surface area contributed by atoms with Crippen LogP contribution in [0.25, 0.3) is 0 Å². The van der Waals surface area contributed by atoms with Gasteiger partial charge in [-0.1, -0.05) is 6.92 Å². The number of nitrogens with zero attached hydrogens (tertiary/aromatic N) is 2. The smallest absolute Gasteiger partial charge is 0.291 e. The van der Waals surface area contributed by atoms with Crippen LogP contribution in [0.5, 0.6) is 0 Å². The van der Waals surface area contributed by atoms with Gasteiger partial charge in [0.1, 0.15) is 5.76 Å². The Morgan fingerprint density at radius 2 is 2.17 bits per heavy atom. The summed E-state index contributed by atoms with van der Waals surface area (Å²) in [6, 6.07) is 7.16. The van der Waals surface area contributed by atoms with E-state index >= 15 is 0 Å². The van der Waals surface area contributed by atoms with Crippen molar-refractivity contribution >= 4 is 17.4 Å². The number of anilines is 2. The van der Waals surface area contributed by atoms with Crippen molar-refractivity contribution in [2.24, 2.45) is 5.92 Å². The van der Waals surface area contributed by atoms with E-state index in [4.69, 9.17) is 4.42 Å². The number of nitrogens with one attached hydrogen (secondary N) is 1. The maximum absolute atomic E-state index is 12.4. The van der Waals surface area contributed by atoms with E-state index in [1.54, 1.807) is 18.3 Å². The van der Waals surface area contributed by atoms with E-state index < -0.39 is 0 Å². The summed E-state index contributed by atoms with van der Waals surface area (Å²) in [6.45, 7) is 3.87. The van der Waals surface area contributed by atoms with E-state index in [1.807, 2.05) is 19.1 Å². The Morgan fingerprint density at radius 3 is 2.83 bits per heavy atom. The summed E-state index contributed by atoms with van der Waals surface area (Å²) in [6.07, 6.45) is 4.34. The standard InChI is InChI=1S/C18H23N3O3/c1-2-14-5-6-16(24-14)18(23)20-15-4-3-9-19-17(15)21-10-7-13(12-22)8-11-21/h3-6,9,13,22H,2,7-8,10-12H2,1H3,(H,20,23). The summed E-state index contributed by atoms with van der Waals surface area (Å²) < 4.78 is 5.51. The molecule has 24 heavy (non-hydrogen) atoms. The van der Waals surface area contributed by atoms with Crippen molar-refractivity contribution in [1.29, 1.82) is 0 Å². The predicted octanol–water partition coefficient (Wildman–Crippen LogP) is 2.70. The highest BCUT2D eigenvalue weighted by molar-refractivity contribution is 6.03. The highest BCUT2D eigenvalue weighted by Gasteiger charge is 2.22. The topological polar surface area (TPSA) is 78.6 Å². The molecule has 0 unspecified atom stereocenters. The lowest BCUT2D eigenvalue weighted by Crippen LogP contribution is -2.35. The number of amides is 1. The van der Waals surface area contributed by atoms with Gasteiger partial charge in [-0.2, -0.15) is 0 Å². The second kappa shape index (κ2) is 7.49. The summed E-state index contributed by atoms with van der Waals surface area (Å²) in [5.74, 6) is 1.95. The van der Waals surface area contributed by atoms with E-state index in [2.05, 4.69) is 15.2 Å². The molecule has 0 atom stereocenters. The number of aromatic nitrogens is 1. The third-order valence-corrected chi connectivity index (χ3v) is 4.44. The van der Waals surface area contributed by atoms with E-state index in [1.165, 1.54) is 0 Å². The Labute approximate surface area is 141 Å². The summed E-state index contributed by atoms with van der Waals surface area (Å²) in [5, 5.41) is 12.2. The maximum Gasteiger partial charge on any atom is 0.291 e. The minimum absolute atomic E-state index is 0.234. The third kappa shape index (κ3) is 3.59. The molecule has 1 amide bonds. The summed E-state index contributed by atoms with van der Waals surface area (Å²) in [5.41, 5.74) is 0.680. The second-order valence-electron chi connectivity index (χ2n) is 6.06. The minimum Gasteiger partial charge on any atom is -0.456 e. The average molecular weight is 329 g/mol. The molecule has 3 rings (SSSR count). The zero-order valence-corrected chi connectivity index (χ0v) is 13.9. The third-order valence-electron chi connectivity index (χ3n) is 4.44. The van der Waals surface area contributed by atoms with Gasteiger partial charge in [-0.05, 0) is 43.0 Å². The van der Waals surface area contributed by atoms with Gasteiger partial charge in [0.25, 0.3) is 5.91 Å². The first-order valence-electron chi connectivity index (χ1n) is 8.42. The lowest BCUT2D eigenvalue weighted by atomic mass is 9.98. The SMILES string of the molecule is CCc1ccc(C(=O)Nc2cccnc2N2CCC(CO)CC2)o1. The molecule has 1 saturated heterocycles. The Balaban J connectivity index is 1.73. The lowest BCUT2D eigenvalue weighted by Gasteiger charge is -2.33. The fourth-order valence-electron chi connectivity index (χ4n) is 2.95. The van der Waals surface area contributed by atoms with Crippen LogP contribution in [0.15, 0.2) is 34.9 Å². The molecule has 0 aliphatic carbocycles. The molecular weight excluding hydrogens is 306 g/mol. The highest BCUT2D eigenvalue weighted by atomic mass is 16.3. The van der Waals surface area contributed by atoms with E-state index in [0.717, 1.165) is 43.9 Å². The van der Waals surface area contributed by atoms with Gasteiger partial charge in [0.15, 0.2) is 11.6 Å². The van der Waals surface area contributed by atoms with Crippen LogP contribution in [0.1, 0.15) is 36.1 Å². The van der Waals surface area contributed by atoms with Crippen molar-refractivity contribution < 1.29 is 14.3 Å². The number of pyridine rings is 1. The number of furan rings is 1. The lowest BCUT2D eigenvalue weighted by molar-refractivity contribution is 0.0995. The molecule has 128 valence electrons. The summed E-state index contributed by atoms with van der Waals surface area (Å²) in [4.78, 5) is 19.0. The van der Waals surface area contributed by atoms with E-state index in [0.29, 0.717) is 17.4 Å². The molecule has 2 N–H and O–H groups in total. The molecule has 0 bridgehead atoms. The molecule has 0 radical (unpaired) electrons. The average Bonchev–Trinajstić information content (AvgIpc) is 3.12. The predicted molar refractivity (Wildman–Crippen MR) is 92.3 cm³/mol. The molecule has 2 aromatic rings. The van der Waals surface area contributed by atoms with Crippen molar-refractivity contribution in [3.05, 3.63) is 42.0 Å². The first kappa shape index (κ1) is 16.5. The summed E-state index contributed by atoms with van der Waals surface area (Å²) in [7, 11) is 0. The molecular formula is C18H23N3O3. The monoisotopic (exact) mass is 329 g/mol. The fourth-order valence-corrected chi connectivity index (χ4v) is 2.95. The number of hydrogen-bond donors (Lipinski definition) is 2. The number of aryl methyl sites for hydroxylation is 1. The molecule has 6 heteroatoms. The van der Waals surface area contributed by atoms with Crippen molar-refractivity contribution in [3.63, 3.8) is 0 Å². The first-order valence-corrected chi connectivity index (χ1v) is 8.42. The van der Waals surface area contributed by atoms with Gasteiger partial charge < -0.3 is 19.7 Å². The van der Waals surface area contributed by atoms with Crippen LogP contribution in [-0.4, -0.2) is 35.7 Å². The molecule has 0 aromatic carbocycles. The van der Waals surface area contributed by atoms with E-state index in [9.17, 15) is 9.90 Å². The first-order chi connectivity index (χ1) is 11.7. The van der Waals surface area contributed by atoms with Crippen LogP contribution >= 0.6 is 0 Å². The van der Waals surface area contributed by atoms with Gasteiger partial charge in [-0.15, -0.1) is 0 Å². The number of carbonyl (C=O) groups excluding carboxylic acids is 1. The number of aliphatic hydroxyl groups is 1. The van der Waals surface area contributed by atoms with Gasteiger partial charge in [-0.3, -0.25) is 4.79 Å². The molecule has 1 aliphatic rings. The van der Waals surface area contributed by atoms with Crippen LogP contribution in [0.2, 0.25) is 0 Å². The maximum atomic E-state index is 12.4. The Kier molecular flexibility index (Phi) is 5.15. The number of hydrogen-bond acceptors (Lipinski definition) is 5. The molecule has 6 nitrogen and oxygen atoms in total. The van der Waals surface area contributed by atoms with Crippen molar-refractivity contribution in [3.8, 4) is 0 Å². The zero-order valence-electron chi connectivity index (χ0n) is 13.9. The van der Waals surface area contributed by atoms with Crippen molar-refractivity contribution in [1.82, 2.24) is 4.98 Å². The fraction of sp³-hybridized carbons (Fsp3) is 0.444. The Bertz CT molecular complexity index is 690. The zero-order chi connectivity index (χ0) is 16.9. The molecule has 0 saturated carbocycles. The largest absolute Gasteiger partial charge is 0.456 e. The Hall–Kier alpha value is -2.34. The van der Waals surface area contributed by atoms with Crippen molar-refractivity contribution in [2.75, 3.05) is 29.9 Å². The van der Waals surface area contributed by atoms with Gasteiger partial charge in [-0.25, -0.2) is 4.98 Å². The number of aliphatic hydroxyl groups excluding tert-OH is 1. The van der Waals surface area contributed by atoms with Gasteiger partial charge in [0.05, 0.1) is 5.69 Å². The summed E-state index contributed by atoms with van der Waals surface area (Å²) >= 11 is 0. The Morgan fingerprint density at radius 1 is 1.38 bits per heavy atom.